The van der Waals surface area contributed by atoms with Crippen molar-refractivity contribution in [1.82, 2.24) is 0 Å². The van der Waals surface area contributed by atoms with Crippen LogP contribution in [0, 0.1) is 0 Å². The van der Waals surface area contributed by atoms with Crippen molar-refractivity contribution in [3.8, 4) is 0 Å². The first-order valence-corrected chi connectivity index (χ1v) is 29.3. The van der Waals surface area contributed by atoms with Gasteiger partial charge in [-0.3, -0.25) is 14.4 Å². The number of esters is 3. The molecule has 0 radical (unpaired) electrons. The van der Waals surface area contributed by atoms with Crippen LogP contribution in [0.5, 0.6) is 0 Å². The predicted octanol–water partition coefficient (Wildman–Crippen LogP) is 20.0. The largest absolute Gasteiger partial charge is 0.462 e. The van der Waals surface area contributed by atoms with Gasteiger partial charge in [0.25, 0.3) is 0 Å². The molecular formula is C67H106O6. The molecule has 0 aromatic carbocycles. The van der Waals surface area contributed by atoms with E-state index in [0.29, 0.717) is 19.3 Å². The van der Waals surface area contributed by atoms with Crippen molar-refractivity contribution < 1.29 is 28.6 Å². The number of ether oxygens (including phenoxy) is 3. The molecule has 0 spiro atoms. The van der Waals surface area contributed by atoms with E-state index in [9.17, 15) is 14.4 Å². The lowest BCUT2D eigenvalue weighted by molar-refractivity contribution is -0.166. The highest BCUT2D eigenvalue weighted by molar-refractivity contribution is 5.71. The molecule has 0 aliphatic rings. The van der Waals surface area contributed by atoms with E-state index in [4.69, 9.17) is 14.2 Å². The van der Waals surface area contributed by atoms with Crippen molar-refractivity contribution >= 4 is 17.9 Å². The van der Waals surface area contributed by atoms with Gasteiger partial charge in [-0.25, -0.2) is 0 Å². The standard InChI is InChI=1S/C67H106O6/c1-4-7-10-13-16-19-22-25-28-31-33-36-39-42-45-48-51-54-57-60-66(69)72-63-64(62-71-65(68)59-56-53-50-47-44-41-38-35-30-27-24-21-18-15-12-9-6-3)73-67(70)61-58-55-52-49-46-43-40-37-34-32-29-26-23-20-17-14-11-8-5-2/h8,11,16-21,25-30,33-34,36-37,42-43,45-46,52,55,64H,4-7,9-10,12-15,22-24,31-32,35,38-41,44,47-51,53-54,56-63H2,1-3H3/b11-8-,19-16-,20-17-,21-18-,28-25-,29-26-,30-27-,36-33-,37-34-,45-42-,46-43-,55-52-/t64-/m0/s1. The molecule has 0 heterocycles. The number of rotatable bonds is 51. The minimum absolute atomic E-state index is 0.128. The van der Waals surface area contributed by atoms with Gasteiger partial charge in [-0.05, 0) is 135 Å². The second-order valence-electron chi connectivity index (χ2n) is 18.8. The molecule has 0 saturated heterocycles. The van der Waals surface area contributed by atoms with E-state index < -0.39 is 12.1 Å². The normalized spacial score (nSPS) is 13.2. The van der Waals surface area contributed by atoms with Crippen molar-refractivity contribution in [1.29, 1.82) is 0 Å². The Balaban J connectivity index is 4.61. The smallest absolute Gasteiger partial charge is 0.306 e. The predicted molar refractivity (Wildman–Crippen MR) is 315 cm³/mol. The van der Waals surface area contributed by atoms with Gasteiger partial charge in [-0.2, -0.15) is 0 Å². The van der Waals surface area contributed by atoms with Crippen LogP contribution in [-0.2, 0) is 28.6 Å². The summed E-state index contributed by atoms with van der Waals surface area (Å²) in [6.07, 6.45) is 85.6. The Morgan fingerprint density at radius 3 is 0.904 bits per heavy atom. The Morgan fingerprint density at radius 1 is 0.288 bits per heavy atom. The fourth-order valence-electron chi connectivity index (χ4n) is 7.42. The highest BCUT2D eigenvalue weighted by Gasteiger charge is 2.19. The zero-order valence-corrected chi connectivity index (χ0v) is 46.8. The van der Waals surface area contributed by atoms with Gasteiger partial charge in [0.05, 0.1) is 0 Å². The van der Waals surface area contributed by atoms with E-state index in [-0.39, 0.29) is 31.6 Å². The van der Waals surface area contributed by atoms with Crippen LogP contribution in [0.3, 0.4) is 0 Å². The van der Waals surface area contributed by atoms with E-state index in [1.807, 2.05) is 12.2 Å². The van der Waals surface area contributed by atoms with Gasteiger partial charge in [-0.1, -0.05) is 231 Å². The molecule has 0 unspecified atom stereocenters. The zero-order chi connectivity index (χ0) is 52.9. The lowest BCUT2D eigenvalue weighted by Gasteiger charge is -2.18. The quantitative estimate of drug-likeness (QED) is 0.0261. The van der Waals surface area contributed by atoms with Crippen molar-refractivity contribution in [2.75, 3.05) is 13.2 Å². The Bertz CT molecular complexity index is 1630. The molecule has 0 saturated carbocycles. The molecule has 0 rings (SSSR count). The molecule has 0 N–H and O–H groups in total. The lowest BCUT2D eigenvalue weighted by Crippen LogP contribution is -2.30. The van der Waals surface area contributed by atoms with Gasteiger partial charge in [-0.15, -0.1) is 0 Å². The van der Waals surface area contributed by atoms with Crippen LogP contribution in [0.25, 0.3) is 0 Å². The SMILES string of the molecule is CC/C=C\C/C=C\C/C=C\C/C=C\C/C=C\C/C=C\CCC(=O)O[C@H](COC(=O)CCCCC/C=C\C/C=C\C/C=C\C/C=C\CCCCC)COC(=O)CCCCCCCCC/C=C\C/C=C\CCCCC. The number of hydrogen-bond donors (Lipinski definition) is 0. The van der Waals surface area contributed by atoms with Gasteiger partial charge >= 0.3 is 17.9 Å². The van der Waals surface area contributed by atoms with Crippen LogP contribution in [0.1, 0.15) is 239 Å². The third-order valence-corrected chi connectivity index (χ3v) is 11.8. The Labute approximate surface area is 448 Å². The Kier molecular flexibility index (Phi) is 56.0. The molecule has 410 valence electrons. The zero-order valence-electron chi connectivity index (χ0n) is 46.8. The van der Waals surface area contributed by atoms with Gasteiger partial charge in [0.1, 0.15) is 13.2 Å². The molecule has 0 fully saturated rings. The van der Waals surface area contributed by atoms with Gasteiger partial charge < -0.3 is 14.2 Å². The number of carbonyl (C=O) groups is 3. The first-order valence-electron chi connectivity index (χ1n) is 29.3. The van der Waals surface area contributed by atoms with E-state index in [1.165, 1.54) is 77.0 Å². The molecule has 0 amide bonds. The van der Waals surface area contributed by atoms with Crippen LogP contribution in [0.4, 0.5) is 0 Å². The molecule has 6 heteroatoms. The van der Waals surface area contributed by atoms with Crippen LogP contribution in [0.15, 0.2) is 146 Å². The van der Waals surface area contributed by atoms with E-state index in [1.54, 1.807) is 0 Å². The Morgan fingerprint density at radius 2 is 0.562 bits per heavy atom. The molecule has 0 bridgehead atoms. The number of unbranched alkanes of at least 4 members (excludes halogenated alkanes) is 16. The topological polar surface area (TPSA) is 78.9 Å². The summed E-state index contributed by atoms with van der Waals surface area (Å²) in [7, 11) is 0. The summed E-state index contributed by atoms with van der Waals surface area (Å²) < 4.78 is 16.8. The van der Waals surface area contributed by atoms with E-state index in [0.717, 1.165) is 116 Å². The van der Waals surface area contributed by atoms with Crippen molar-refractivity contribution in [3.63, 3.8) is 0 Å². The minimum atomic E-state index is -0.843. The number of hydrogen-bond acceptors (Lipinski definition) is 6. The molecule has 0 aromatic heterocycles. The monoisotopic (exact) mass is 1010 g/mol. The first-order chi connectivity index (χ1) is 36.0. The number of carbonyl (C=O) groups excluding carboxylic acids is 3. The Hall–Kier alpha value is -4.71. The van der Waals surface area contributed by atoms with Crippen LogP contribution in [-0.4, -0.2) is 37.2 Å². The molecule has 0 aliphatic carbocycles. The minimum Gasteiger partial charge on any atom is -0.462 e. The summed E-state index contributed by atoms with van der Waals surface area (Å²) in [4.78, 5) is 38.2. The number of allylic oxidation sites excluding steroid dienone is 24. The van der Waals surface area contributed by atoms with Crippen LogP contribution < -0.4 is 0 Å². The molecule has 6 nitrogen and oxygen atoms in total. The summed E-state index contributed by atoms with van der Waals surface area (Å²) in [5.74, 6) is -1.06. The van der Waals surface area contributed by atoms with Gasteiger partial charge in [0, 0.05) is 19.3 Å². The van der Waals surface area contributed by atoms with E-state index in [2.05, 4.69) is 154 Å². The maximum absolute atomic E-state index is 12.8. The second-order valence-corrected chi connectivity index (χ2v) is 18.8. The van der Waals surface area contributed by atoms with Gasteiger partial charge in [0.2, 0.25) is 0 Å². The van der Waals surface area contributed by atoms with Crippen LogP contribution >= 0.6 is 0 Å². The maximum atomic E-state index is 12.8. The summed E-state index contributed by atoms with van der Waals surface area (Å²) in [5.41, 5.74) is 0. The average molecular weight is 1010 g/mol. The second kappa shape index (κ2) is 59.8. The maximum Gasteiger partial charge on any atom is 0.306 e. The third kappa shape index (κ3) is 58.1. The first kappa shape index (κ1) is 68.3. The van der Waals surface area contributed by atoms with Crippen molar-refractivity contribution in [3.05, 3.63) is 146 Å². The summed E-state index contributed by atoms with van der Waals surface area (Å²) in [6, 6.07) is 0. The summed E-state index contributed by atoms with van der Waals surface area (Å²) >= 11 is 0. The fourth-order valence-corrected chi connectivity index (χ4v) is 7.42. The molecule has 0 aromatic rings. The average Bonchev–Trinajstić information content (AvgIpc) is 3.39. The highest BCUT2D eigenvalue weighted by Crippen LogP contribution is 2.13. The fraction of sp³-hybridized carbons (Fsp3) is 0.597. The van der Waals surface area contributed by atoms with Gasteiger partial charge in [0.15, 0.2) is 6.10 Å². The van der Waals surface area contributed by atoms with Crippen molar-refractivity contribution in [2.24, 2.45) is 0 Å². The highest BCUT2D eigenvalue weighted by atomic mass is 16.6. The molecular weight excluding hydrogens is 901 g/mol. The molecule has 73 heavy (non-hydrogen) atoms. The molecule has 1 atom stereocenters. The summed E-state index contributed by atoms with van der Waals surface area (Å²) in [5, 5.41) is 0. The lowest BCUT2D eigenvalue weighted by atomic mass is 10.1. The third-order valence-electron chi connectivity index (χ3n) is 11.8. The van der Waals surface area contributed by atoms with Crippen molar-refractivity contribution in [2.45, 2.75) is 245 Å². The summed E-state index contributed by atoms with van der Waals surface area (Å²) in [6.45, 7) is 6.37. The van der Waals surface area contributed by atoms with E-state index >= 15 is 0 Å². The van der Waals surface area contributed by atoms with Crippen LogP contribution in [0.2, 0.25) is 0 Å². The molecule has 0 aliphatic heterocycles.